The predicted molar refractivity (Wildman–Crippen MR) is 78.6 cm³/mol. The van der Waals surface area contributed by atoms with Crippen LogP contribution in [0.25, 0.3) is 0 Å². The Labute approximate surface area is 118 Å². The van der Waals surface area contributed by atoms with Crippen molar-refractivity contribution in [3.63, 3.8) is 0 Å². The van der Waals surface area contributed by atoms with Crippen LogP contribution in [0.15, 0.2) is 42.5 Å². The van der Waals surface area contributed by atoms with Crippen molar-refractivity contribution >= 4 is 12.0 Å². The van der Waals surface area contributed by atoms with E-state index in [-0.39, 0.29) is 0 Å². The van der Waals surface area contributed by atoms with Gasteiger partial charge >= 0.3 is 6.55 Å². The molecule has 0 aliphatic carbocycles. The van der Waals surface area contributed by atoms with Crippen molar-refractivity contribution < 1.29 is 14.4 Å². The van der Waals surface area contributed by atoms with Crippen LogP contribution in [0.3, 0.4) is 0 Å². The molecule has 2 aromatic rings. The number of ether oxygens (including phenoxy) is 1. The summed E-state index contributed by atoms with van der Waals surface area (Å²) in [5.74, 6) is 1.37. The van der Waals surface area contributed by atoms with Gasteiger partial charge in [0.15, 0.2) is 0 Å². The van der Waals surface area contributed by atoms with Gasteiger partial charge < -0.3 is 20.1 Å². The number of rotatable bonds is 3. The van der Waals surface area contributed by atoms with Crippen molar-refractivity contribution in [2.75, 3.05) is 0 Å². The third kappa shape index (κ3) is 2.39. The number of nitrogens with two attached hydrogens (primary N) is 1. The Morgan fingerprint density at radius 2 is 1.90 bits per heavy atom. The highest BCUT2D eigenvalue weighted by molar-refractivity contribution is 6.82. The second-order valence-corrected chi connectivity index (χ2v) is 5.03. The van der Waals surface area contributed by atoms with Crippen LogP contribution in [0.1, 0.15) is 11.1 Å². The van der Waals surface area contributed by atoms with E-state index in [1.807, 2.05) is 36.4 Å². The van der Waals surface area contributed by atoms with Crippen LogP contribution in [0.2, 0.25) is 0 Å². The Hall–Kier alpha value is -1.95. The maximum atomic E-state index is 10.1. The highest BCUT2D eigenvalue weighted by atomic mass is 16.5. The molecule has 2 aromatic carbocycles. The molecule has 1 aliphatic rings. The zero-order valence-corrected chi connectivity index (χ0v) is 11.1. The van der Waals surface area contributed by atoms with Crippen molar-refractivity contribution in [3.8, 4) is 11.5 Å². The monoisotopic (exact) mass is 269 g/mol. The molecule has 0 bridgehead atoms. The van der Waals surface area contributed by atoms with Crippen LogP contribution in [-0.4, -0.2) is 11.6 Å². The third-order valence-electron chi connectivity index (χ3n) is 3.51. The summed E-state index contributed by atoms with van der Waals surface area (Å²) in [6.45, 7) is 2.45. The van der Waals surface area contributed by atoms with E-state index in [1.165, 1.54) is 0 Å². The SMILES string of the molecule is [CH2+][B-]1(O)OCc2ccc(Oc3ccc(CN)cc3)cc21. The van der Waals surface area contributed by atoms with Gasteiger partial charge in [-0.15, -0.1) is 0 Å². The summed E-state index contributed by atoms with van der Waals surface area (Å²) < 4.78 is 11.1. The van der Waals surface area contributed by atoms with E-state index in [1.54, 1.807) is 6.07 Å². The van der Waals surface area contributed by atoms with Gasteiger partial charge in [0, 0.05) is 13.2 Å². The Balaban J connectivity index is 1.84. The maximum absolute atomic E-state index is 10.1. The smallest absolute Gasteiger partial charge is 0.473 e. The molecule has 0 amide bonds. The van der Waals surface area contributed by atoms with Gasteiger partial charge in [0.2, 0.25) is 0 Å². The molecule has 0 fully saturated rings. The predicted octanol–water partition coefficient (Wildman–Crippen LogP) is 1.48. The fourth-order valence-electron chi connectivity index (χ4n) is 2.33. The first-order chi connectivity index (χ1) is 9.58. The van der Waals surface area contributed by atoms with Gasteiger partial charge in [-0.2, -0.15) is 0 Å². The maximum Gasteiger partial charge on any atom is 0.473 e. The highest BCUT2D eigenvalue weighted by Crippen LogP contribution is 2.25. The van der Waals surface area contributed by atoms with Crippen molar-refractivity contribution in [2.45, 2.75) is 13.2 Å². The van der Waals surface area contributed by atoms with Gasteiger partial charge in [-0.25, -0.2) is 0 Å². The minimum absolute atomic E-state index is 0.390. The molecule has 0 radical (unpaired) electrons. The quantitative estimate of drug-likeness (QED) is 0.654. The van der Waals surface area contributed by atoms with Crippen LogP contribution < -0.4 is 15.9 Å². The summed E-state index contributed by atoms with van der Waals surface area (Å²) in [5.41, 5.74) is 8.27. The van der Waals surface area contributed by atoms with E-state index < -0.39 is 6.55 Å². The summed E-state index contributed by atoms with van der Waals surface area (Å²) in [4.78, 5) is 0. The second kappa shape index (κ2) is 4.87. The molecule has 0 saturated carbocycles. The van der Waals surface area contributed by atoms with Gasteiger partial charge in [0.05, 0.1) is 0 Å². The minimum atomic E-state index is -2.16. The van der Waals surface area contributed by atoms with E-state index in [0.29, 0.717) is 24.4 Å². The van der Waals surface area contributed by atoms with E-state index in [4.69, 9.17) is 15.1 Å². The zero-order valence-electron chi connectivity index (χ0n) is 11.1. The van der Waals surface area contributed by atoms with Gasteiger partial charge in [-0.05, 0) is 29.8 Å². The van der Waals surface area contributed by atoms with Crippen LogP contribution in [0.4, 0.5) is 0 Å². The standard InChI is InChI=1S/C15H16BNO3/c1-16(18)15-8-14(7-4-12(15)10-19-16)20-13-5-2-11(9-17)3-6-13/h2-8,18H,1,9-10,17H2. The molecule has 3 rings (SSSR count). The van der Waals surface area contributed by atoms with Gasteiger partial charge in [0.1, 0.15) is 11.5 Å². The van der Waals surface area contributed by atoms with Gasteiger partial charge in [-0.1, -0.05) is 36.0 Å². The lowest BCUT2D eigenvalue weighted by atomic mass is 9.55. The fraction of sp³-hybridized carbons (Fsp3) is 0.133. The summed E-state index contributed by atoms with van der Waals surface area (Å²) in [5, 5.41) is 10.1. The van der Waals surface area contributed by atoms with Crippen LogP contribution in [0, 0.1) is 6.82 Å². The first-order valence-corrected chi connectivity index (χ1v) is 6.56. The molecule has 3 N–H and O–H groups in total. The molecule has 20 heavy (non-hydrogen) atoms. The zero-order chi connectivity index (χ0) is 14.2. The van der Waals surface area contributed by atoms with Gasteiger partial charge in [0.25, 0.3) is 0 Å². The summed E-state index contributed by atoms with van der Waals surface area (Å²) in [6, 6.07) is 13.1. The Morgan fingerprint density at radius 1 is 1.20 bits per heavy atom. The third-order valence-corrected chi connectivity index (χ3v) is 3.51. The molecular weight excluding hydrogens is 253 g/mol. The molecule has 1 heterocycles. The average molecular weight is 269 g/mol. The first-order valence-electron chi connectivity index (χ1n) is 6.56. The number of hydrogen-bond donors (Lipinski definition) is 2. The fourth-order valence-corrected chi connectivity index (χ4v) is 2.33. The molecule has 5 heteroatoms. The van der Waals surface area contributed by atoms with Crippen molar-refractivity contribution in [1.29, 1.82) is 0 Å². The molecular formula is C15H16BNO3. The van der Waals surface area contributed by atoms with E-state index >= 15 is 0 Å². The number of benzene rings is 2. The lowest BCUT2D eigenvalue weighted by molar-refractivity contribution is 0.258. The second-order valence-electron chi connectivity index (χ2n) is 5.03. The molecule has 1 atom stereocenters. The lowest BCUT2D eigenvalue weighted by Crippen LogP contribution is -2.44. The van der Waals surface area contributed by atoms with Crippen LogP contribution in [0.5, 0.6) is 11.5 Å². The largest absolute Gasteiger partial charge is 0.537 e. The Kier molecular flexibility index (Phi) is 3.18. The van der Waals surface area contributed by atoms with Crippen molar-refractivity contribution in [1.82, 2.24) is 0 Å². The van der Waals surface area contributed by atoms with Gasteiger partial charge in [-0.3, -0.25) is 0 Å². The Morgan fingerprint density at radius 3 is 2.60 bits per heavy atom. The summed E-state index contributed by atoms with van der Waals surface area (Å²) in [6.07, 6.45) is 0. The normalized spacial score (nSPS) is 20.7. The summed E-state index contributed by atoms with van der Waals surface area (Å²) in [7, 11) is 0. The molecule has 4 nitrogen and oxygen atoms in total. The molecule has 0 saturated heterocycles. The number of fused-ring (bicyclic) bond motifs is 1. The molecule has 0 aromatic heterocycles. The van der Waals surface area contributed by atoms with Crippen LogP contribution in [-0.2, 0) is 17.8 Å². The molecule has 1 unspecified atom stereocenters. The average Bonchev–Trinajstić information content (AvgIpc) is 2.75. The number of hydrogen-bond acceptors (Lipinski definition) is 4. The minimum Gasteiger partial charge on any atom is -0.537 e. The lowest BCUT2D eigenvalue weighted by Gasteiger charge is -2.15. The van der Waals surface area contributed by atoms with E-state index in [0.717, 1.165) is 16.9 Å². The Bertz CT molecular complexity index is 626. The molecule has 0 spiro atoms. The highest BCUT2D eigenvalue weighted by Gasteiger charge is 2.37. The molecule has 1 aliphatic heterocycles. The van der Waals surface area contributed by atoms with Crippen molar-refractivity contribution in [2.24, 2.45) is 5.73 Å². The van der Waals surface area contributed by atoms with E-state index in [2.05, 4.69) is 6.82 Å². The van der Waals surface area contributed by atoms with E-state index in [9.17, 15) is 5.02 Å². The van der Waals surface area contributed by atoms with Crippen molar-refractivity contribution in [3.05, 3.63) is 60.4 Å². The topological polar surface area (TPSA) is 64.7 Å². The summed E-state index contributed by atoms with van der Waals surface area (Å²) >= 11 is 0. The molecule has 102 valence electrons. The van der Waals surface area contributed by atoms with Crippen LogP contribution >= 0.6 is 0 Å². The first kappa shape index (κ1) is 13.1.